The number of ether oxygens (including phenoxy) is 1. The highest BCUT2D eigenvalue weighted by molar-refractivity contribution is 7.89. The minimum absolute atomic E-state index is 0.392. The van der Waals surface area contributed by atoms with Crippen LogP contribution in [0.25, 0.3) is 0 Å². The molecule has 26 heavy (non-hydrogen) atoms. The van der Waals surface area contributed by atoms with E-state index < -0.39 is 45.6 Å². The quantitative estimate of drug-likeness (QED) is 0.588. The van der Waals surface area contributed by atoms with Crippen molar-refractivity contribution in [2.75, 3.05) is 13.2 Å². The molecule has 0 saturated carbocycles. The van der Waals surface area contributed by atoms with E-state index in [-0.39, 0.29) is 0 Å². The lowest BCUT2D eigenvalue weighted by atomic mass is 10.0. The van der Waals surface area contributed by atoms with E-state index in [1.54, 1.807) is 19.1 Å². The van der Waals surface area contributed by atoms with E-state index in [2.05, 4.69) is 0 Å². The monoisotopic (exact) mass is 379 g/mol. The van der Waals surface area contributed by atoms with Crippen molar-refractivity contribution in [1.29, 1.82) is 0 Å². The van der Waals surface area contributed by atoms with Gasteiger partial charge in [-0.05, 0) is 37.6 Å². The number of hydrogen-bond donors (Lipinski definition) is 1. The summed E-state index contributed by atoms with van der Waals surface area (Å²) in [5.41, 5.74) is 2.07. The van der Waals surface area contributed by atoms with E-state index in [9.17, 15) is 22.4 Å². The van der Waals surface area contributed by atoms with Gasteiger partial charge in [-0.15, -0.1) is 0 Å². The summed E-state index contributed by atoms with van der Waals surface area (Å²) >= 11 is 0. The van der Waals surface area contributed by atoms with E-state index in [0.29, 0.717) is 5.56 Å². The van der Waals surface area contributed by atoms with Crippen molar-refractivity contribution in [3.05, 3.63) is 65.0 Å². The molecule has 1 N–H and O–H groups in total. The first kappa shape index (κ1) is 19.7. The molecule has 0 saturated heterocycles. The molecule has 0 bridgehead atoms. The fourth-order valence-electron chi connectivity index (χ4n) is 2.21. The predicted octanol–water partition coefficient (Wildman–Crippen LogP) is 2.15. The fraction of sp³-hybridized carbons (Fsp3) is 0.222. The third-order valence-electron chi connectivity index (χ3n) is 3.59. The van der Waals surface area contributed by atoms with Crippen LogP contribution in [0, 0.1) is 19.7 Å². The fourth-order valence-corrected chi connectivity index (χ4v) is 3.25. The second-order valence-corrected chi connectivity index (χ2v) is 7.39. The summed E-state index contributed by atoms with van der Waals surface area (Å²) in [6, 6.07) is 10.1. The second kappa shape index (κ2) is 8.20. The van der Waals surface area contributed by atoms with Crippen molar-refractivity contribution in [1.82, 2.24) is 4.72 Å². The molecule has 2 rings (SSSR count). The van der Waals surface area contributed by atoms with Gasteiger partial charge in [-0.1, -0.05) is 29.8 Å². The lowest BCUT2D eigenvalue weighted by molar-refractivity contribution is -0.141. The van der Waals surface area contributed by atoms with E-state index in [4.69, 9.17) is 4.74 Å². The number of aryl methyl sites for hydroxylation is 2. The Morgan fingerprint density at radius 1 is 1.12 bits per heavy atom. The molecule has 0 unspecified atom stereocenters. The molecule has 2 aromatic rings. The van der Waals surface area contributed by atoms with Gasteiger partial charge in [0.05, 0.1) is 0 Å². The maximum Gasteiger partial charge on any atom is 0.321 e. The van der Waals surface area contributed by atoms with Crippen LogP contribution in [0.15, 0.2) is 47.4 Å². The number of carbonyl (C=O) groups excluding carboxylic acids is 2. The Morgan fingerprint density at radius 2 is 1.81 bits per heavy atom. The average molecular weight is 379 g/mol. The first-order valence-corrected chi connectivity index (χ1v) is 9.19. The van der Waals surface area contributed by atoms with Crippen LogP contribution < -0.4 is 4.72 Å². The highest BCUT2D eigenvalue weighted by Gasteiger charge is 2.20. The van der Waals surface area contributed by atoms with Crippen LogP contribution in [-0.4, -0.2) is 33.3 Å². The van der Waals surface area contributed by atoms with Crippen LogP contribution in [0.1, 0.15) is 21.5 Å². The van der Waals surface area contributed by atoms with Gasteiger partial charge in [-0.3, -0.25) is 9.59 Å². The van der Waals surface area contributed by atoms with Crippen LogP contribution >= 0.6 is 0 Å². The van der Waals surface area contributed by atoms with Gasteiger partial charge < -0.3 is 4.74 Å². The number of Topliss-reactive ketones (excluding diaryl/α,β-unsaturated/α-hetero) is 1. The molecule has 0 amide bonds. The van der Waals surface area contributed by atoms with Crippen molar-refractivity contribution in [2.24, 2.45) is 0 Å². The highest BCUT2D eigenvalue weighted by Crippen LogP contribution is 2.13. The van der Waals surface area contributed by atoms with Crippen LogP contribution in [-0.2, 0) is 19.6 Å². The molecule has 0 heterocycles. The zero-order chi connectivity index (χ0) is 19.3. The number of hydrogen-bond acceptors (Lipinski definition) is 5. The summed E-state index contributed by atoms with van der Waals surface area (Å²) in [6.45, 7) is 2.37. The zero-order valence-corrected chi connectivity index (χ0v) is 15.1. The molecular weight excluding hydrogens is 361 g/mol. The standard InChI is InChI=1S/C18H18FNO5S/c1-12-7-8-13(2)14(9-12)16(21)11-25-18(22)10-20-26(23,24)17-6-4-3-5-15(17)19/h3-9,20H,10-11H2,1-2H3. The molecule has 0 aliphatic heterocycles. The second-order valence-electron chi connectivity index (χ2n) is 5.66. The lowest BCUT2D eigenvalue weighted by Gasteiger charge is -2.09. The third kappa shape index (κ3) is 4.96. The summed E-state index contributed by atoms with van der Waals surface area (Å²) in [5, 5.41) is 0. The van der Waals surface area contributed by atoms with Gasteiger partial charge >= 0.3 is 5.97 Å². The van der Waals surface area contributed by atoms with Gasteiger partial charge in [0.1, 0.15) is 17.3 Å². The number of ketones is 1. The molecule has 8 heteroatoms. The molecule has 0 atom stereocenters. The summed E-state index contributed by atoms with van der Waals surface area (Å²) in [4.78, 5) is 23.3. The van der Waals surface area contributed by atoms with Crippen molar-refractivity contribution in [3.63, 3.8) is 0 Å². The van der Waals surface area contributed by atoms with E-state index in [1.807, 2.05) is 17.7 Å². The number of esters is 1. The summed E-state index contributed by atoms with van der Waals surface area (Å²) < 4.78 is 44.2. The number of carbonyl (C=O) groups is 2. The average Bonchev–Trinajstić information content (AvgIpc) is 2.60. The molecule has 0 radical (unpaired) electrons. The van der Waals surface area contributed by atoms with Crippen molar-refractivity contribution in [3.8, 4) is 0 Å². The van der Waals surface area contributed by atoms with Crippen LogP contribution in [0.4, 0.5) is 4.39 Å². The Balaban J connectivity index is 1.92. The summed E-state index contributed by atoms with van der Waals surface area (Å²) in [7, 11) is -4.20. The van der Waals surface area contributed by atoms with Crippen LogP contribution in [0.3, 0.4) is 0 Å². The first-order valence-electron chi connectivity index (χ1n) is 7.71. The predicted molar refractivity (Wildman–Crippen MR) is 92.8 cm³/mol. The van der Waals surface area contributed by atoms with Gasteiger partial charge in [-0.25, -0.2) is 12.8 Å². The van der Waals surface area contributed by atoms with Crippen molar-refractivity contribution in [2.45, 2.75) is 18.7 Å². The number of nitrogens with one attached hydrogen (secondary N) is 1. The molecule has 0 fully saturated rings. The Labute approximate surface area is 151 Å². The van der Waals surface area contributed by atoms with E-state index in [1.165, 1.54) is 12.1 Å². The molecule has 138 valence electrons. The van der Waals surface area contributed by atoms with E-state index >= 15 is 0 Å². The smallest absolute Gasteiger partial charge is 0.321 e. The molecule has 0 spiro atoms. The minimum atomic E-state index is -4.20. The molecular formula is C18H18FNO5S. The number of benzene rings is 2. The summed E-state index contributed by atoms with van der Waals surface area (Å²) in [5.74, 6) is -2.27. The van der Waals surface area contributed by atoms with Crippen molar-refractivity contribution >= 4 is 21.8 Å². The first-order chi connectivity index (χ1) is 12.2. The Kier molecular flexibility index (Phi) is 6.23. The van der Waals surface area contributed by atoms with Crippen LogP contribution in [0.2, 0.25) is 0 Å². The van der Waals surface area contributed by atoms with Gasteiger partial charge in [0.2, 0.25) is 15.8 Å². The summed E-state index contributed by atoms with van der Waals surface area (Å²) in [6.07, 6.45) is 0. The highest BCUT2D eigenvalue weighted by atomic mass is 32.2. The van der Waals surface area contributed by atoms with Crippen molar-refractivity contribution < 1.29 is 27.1 Å². The Bertz CT molecular complexity index is 940. The molecule has 0 aliphatic rings. The number of rotatable bonds is 7. The van der Waals surface area contributed by atoms with Gasteiger partial charge in [0.15, 0.2) is 6.61 Å². The van der Waals surface area contributed by atoms with Crippen LogP contribution in [0.5, 0.6) is 0 Å². The van der Waals surface area contributed by atoms with E-state index in [0.717, 1.165) is 23.3 Å². The molecule has 6 nitrogen and oxygen atoms in total. The molecule has 0 aromatic heterocycles. The molecule has 2 aromatic carbocycles. The number of sulfonamides is 1. The molecule has 0 aliphatic carbocycles. The largest absolute Gasteiger partial charge is 0.456 e. The minimum Gasteiger partial charge on any atom is -0.456 e. The maximum absolute atomic E-state index is 13.5. The van der Waals surface area contributed by atoms with Gasteiger partial charge in [0.25, 0.3) is 0 Å². The number of halogens is 1. The lowest BCUT2D eigenvalue weighted by Crippen LogP contribution is -2.32. The normalized spacial score (nSPS) is 11.2. The SMILES string of the molecule is Cc1ccc(C)c(C(=O)COC(=O)CNS(=O)(=O)c2ccccc2F)c1. The third-order valence-corrected chi connectivity index (χ3v) is 5.02. The Morgan fingerprint density at radius 3 is 2.50 bits per heavy atom. The topological polar surface area (TPSA) is 89.5 Å². The van der Waals surface area contributed by atoms with Gasteiger partial charge in [-0.2, -0.15) is 4.72 Å². The maximum atomic E-state index is 13.5. The zero-order valence-electron chi connectivity index (χ0n) is 14.3. The van der Waals surface area contributed by atoms with Gasteiger partial charge in [0, 0.05) is 5.56 Å². The Hall–Kier alpha value is -2.58.